The molecule has 1 aromatic rings. The Kier molecular flexibility index (Phi) is 1.44. The van der Waals surface area contributed by atoms with E-state index in [4.69, 9.17) is 11.6 Å². The Hall–Kier alpha value is -0.630. The van der Waals surface area contributed by atoms with Gasteiger partial charge >= 0.3 is 0 Å². The summed E-state index contributed by atoms with van der Waals surface area (Å²) in [6.07, 6.45) is 3.17. The van der Waals surface area contributed by atoms with Crippen LogP contribution in [0.4, 0.5) is 0 Å². The fourth-order valence-corrected chi connectivity index (χ4v) is 0.623. The molecule has 0 aliphatic heterocycles. The second kappa shape index (κ2) is 2.09. The second-order valence-electron chi connectivity index (χ2n) is 1.48. The van der Waals surface area contributed by atoms with Crippen molar-refractivity contribution in [1.29, 1.82) is 0 Å². The maximum Gasteiger partial charge on any atom is 0.147 e. The molecule has 0 atom stereocenters. The van der Waals surface area contributed by atoms with Crippen molar-refractivity contribution in [1.82, 2.24) is 9.97 Å². The molecule has 0 aromatic carbocycles. The third-order valence-corrected chi connectivity index (χ3v) is 0.908. The molecule has 0 saturated heterocycles. The molecule has 0 N–H and O–H groups in total. The second-order valence-corrected chi connectivity index (χ2v) is 1.87. The van der Waals surface area contributed by atoms with Gasteiger partial charge in [0.05, 0.1) is 11.9 Å². The first-order chi connectivity index (χ1) is 3.79. The molecule has 0 saturated carbocycles. The van der Waals surface area contributed by atoms with Gasteiger partial charge in [0.25, 0.3) is 0 Å². The number of aryl methyl sites for hydroxylation is 1. The molecule has 1 rings (SSSR count). The van der Waals surface area contributed by atoms with Gasteiger partial charge in [0.15, 0.2) is 0 Å². The predicted molar refractivity (Wildman–Crippen MR) is 31.8 cm³/mol. The van der Waals surface area contributed by atoms with Crippen LogP contribution in [-0.2, 0) is 0 Å². The van der Waals surface area contributed by atoms with Crippen molar-refractivity contribution in [3.8, 4) is 0 Å². The standard InChI is InChI=1S/C5H5ClN2/c1-4-2-7-3-5(6)8-4/h2-3H,1H3. The van der Waals surface area contributed by atoms with Crippen LogP contribution in [0.5, 0.6) is 0 Å². The first-order valence-electron chi connectivity index (χ1n) is 2.23. The van der Waals surface area contributed by atoms with Gasteiger partial charge in [0.2, 0.25) is 0 Å². The number of hydrogen-bond acceptors (Lipinski definition) is 2. The average Bonchev–Trinajstić information content (AvgIpc) is 1.64. The Morgan fingerprint density at radius 2 is 2.25 bits per heavy atom. The first kappa shape index (κ1) is 5.51. The Labute approximate surface area is 52.5 Å². The van der Waals surface area contributed by atoms with E-state index in [1.165, 1.54) is 6.20 Å². The van der Waals surface area contributed by atoms with Gasteiger partial charge < -0.3 is 0 Å². The summed E-state index contributed by atoms with van der Waals surface area (Å²) in [5.41, 5.74) is 0.845. The van der Waals surface area contributed by atoms with Gasteiger partial charge in [0.1, 0.15) is 5.15 Å². The lowest BCUT2D eigenvalue weighted by atomic mass is 10.5. The zero-order chi connectivity index (χ0) is 5.98. The van der Waals surface area contributed by atoms with Gasteiger partial charge in [-0.05, 0) is 6.92 Å². The van der Waals surface area contributed by atoms with Gasteiger partial charge in [0, 0.05) is 6.20 Å². The minimum atomic E-state index is 0.449. The quantitative estimate of drug-likeness (QED) is 0.529. The molecule has 0 spiro atoms. The number of halogens is 1. The molecule has 0 unspecified atom stereocenters. The van der Waals surface area contributed by atoms with Crippen molar-refractivity contribution in [2.45, 2.75) is 6.92 Å². The summed E-state index contributed by atoms with van der Waals surface area (Å²) in [6, 6.07) is 0. The first-order valence-corrected chi connectivity index (χ1v) is 2.61. The monoisotopic (exact) mass is 128 g/mol. The highest BCUT2D eigenvalue weighted by Crippen LogP contribution is 1.99. The molecule has 0 fully saturated rings. The summed E-state index contributed by atoms with van der Waals surface area (Å²) < 4.78 is 0. The highest BCUT2D eigenvalue weighted by molar-refractivity contribution is 6.29. The van der Waals surface area contributed by atoms with Crippen LogP contribution in [0, 0.1) is 6.92 Å². The Balaban J connectivity index is 3.08. The summed E-state index contributed by atoms with van der Waals surface area (Å²) in [4.78, 5) is 7.67. The summed E-state index contributed by atoms with van der Waals surface area (Å²) in [5, 5.41) is 0.449. The SMILES string of the molecule is Cc1cncc(Cl)n1. The number of aromatic nitrogens is 2. The van der Waals surface area contributed by atoms with E-state index in [0.29, 0.717) is 5.15 Å². The number of nitrogens with zero attached hydrogens (tertiary/aromatic N) is 2. The van der Waals surface area contributed by atoms with E-state index in [1.54, 1.807) is 6.20 Å². The minimum absolute atomic E-state index is 0.449. The lowest BCUT2D eigenvalue weighted by Crippen LogP contribution is -1.81. The molecule has 0 aliphatic carbocycles. The maximum atomic E-state index is 5.47. The topological polar surface area (TPSA) is 25.8 Å². The van der Waals surface area contributed by atoms with E-state index in [0.717, 1.165) is 5.69 Å². The molecule has 1 heterocycles. The maximum absolute atomic E-state index is 5.47. The average molecular weight is 129 g/mol. The Bertz CT molecular complexity index is 170. The van der Waals surface area contributed by atoms with Crippen LogP contribution in [-0.4, -0.2) is 9.97 Å². The Morgan fingerprint density at radius 1 is 1.50 bits per heavy atom. The van der Waals surface area contributed by atoms with Crippen molar-refractivity contribution in [2.75, 3.05) is 0 Å². The molecule has 0 bridgehead atoms. The highest BCUT2D eigenvalue weighted by atomic mass is 35.5. The third-order valence-electron chi connectivity index (χ3n) is 0.726. The predicted octanol–water partition coefficient (Wildman–Crippen LogP) is 1.44. The lowest BCUT2D eigenvalue weighted by Gasteiger charge is -1.87. The molecular weight excluding hydrogens is 124 g/mol. The van der Waals surface area contributed by atoms with Crippen molar-refractivity contribution in [3.05, 3.63) is 23.2 Å². The van der Waals surface area contributed by atoms with Gasteiger partial charge in [-0.15, -0.1) is 0 Å². The highest BCUT2D eigenvalue weighted by Gasteiger charge is 1.85. The number of hydrogen-bond donors (Lipinski definition) is 0. The molecule has 1 aromatic heterocycles. The molecule has 0 aliphatic rings. The van der Waals surface area contributed by atoms with Crippen LogP contribution in [0.15, 0.2) is 12.4 Å². The summed E-state index contributed by atoms with van der Waals surface area (Å²) in [5.74, 6) is 0. The summed E-state index contributed by atoms with van der Waals surface area (Å²) in [6.45, 7) is 1.85. The van der Waals surface area contributed by atoms with Crippen molar-refractivity contribution in [3.63, 3.8) is 0 Å². The van der Waals surface area contributed by atoms with Crippen LogP contribution in [0.2, 0.25) is 5.15 Å². The van der Waals surface area contributed by atoms with Crippen molar-refractivity contribution < 1.29 is 0 Å². The van der Waals surface area contributed by atoms with E-state index >= 15 is 0 Å². The molecule has 8 heavy (non-hydrogen) atoms. The smallest absolute Gasteiger partial charge is 0.147 e. The van der Waals surface area contributed by atoms with Gasteiger partial charge in [-0.25, -0.2) is 4.98 Å². The van der Waals surface area contributed by atoms with Gasteiger partial charge in [-0.1, -0.05) is 11.6 Å². The third kappa shape index (κ3) is 1.17. The van der Waals surface area contributed by atoms with Crippen LogP contribution < -0.4 is 0 Å². The van der Waals surface area contributed by atoms with Crippen LogP contribution in [0.25, 0.3) is 0 Å². The molecule has 0 radical (unpaired) electrons. The molecule has 0 amide bonds. The van der Waals surface area contributed by atoms with Crippen molar-refractivity contribution in [2.24, 2.45) is 0 Å². The summed E-state index contributed by atoms with van der Waals surface area (Å²) in [7, 11) is 0. The van der Waals surface area contributed by atoms with E-state index in [1.807, 2.05) is 6.92 Å². The zero-order valence-electron chi connectivity index (χ0n) is 4.43. The summed E-state index contributed by atoms with van der Waals surface area (Å²) >= 11 is 5.47. The Morgan fingerprint density at radius 3 is 2.62 bits per heavy atom. The fourth-order valence-electron chi connectivity index (χ4n) is 0.433. The van der Waals surface area contributed by atoms with Crippen molar-refractivity contribution >= 4 is 11.6 Å². The molecule has 3 heteroatoms. The normalized spacial score (nSPS) is 9.25. The van der Waals surface area contributed by atoms with E-state index in [9.17, 15) is 0 Å². The van der Waals surface area contributed by atoms with E-state index < -0.39 is 0 Å². The molecule has 2 nitrogen and oxygen atoms in total. The minimum Gasteiger partial charge on any atom is -0.260 e. The van der Waals surface area contributed by atoms with Gasteiger partial charge in [-0.3, -0.25) is 4.98 Å². The zero-order valence-corrected chi connectivity index (χ0v) is 5.18. The van der Waals surface area contributed by atoms with E-state index in [2.05, 4.69) is 9.97 Å². The molecule has 42 valence electrons. The fraction of sp³-hybridized carbons (Fsp3) is 0.200. The molecular formula is C5H5ClN2. The van der Waals surface area contributed by atoms with E-state index in [-0.39, 0.29) is 0 Å². The van der Waals surface area contributed by atoms with Gasteiger partial charge in [-0.2, -0.15) is 0 Å². The number of rotatable bonds is 0. The van der Waals surface area contributed by atoms with Crippen LogP contribution in [0.1, 0.15) is 5.69 Å². The van der Waals surface area contributed by atoms with Crippen LogP contribution >= 0.6 is 11.6 Å². The van der Waals surface area contributed by atoms with Crippen LogP contribution in [0.3, 0.4) is 0 Å². The largest absolute Gasteiger partial charge is 0.260 e. The lowest BCUT2D eigenvalue weighted by molar-refractivity contribution is 1.12.